The molecule has 0 saturated carbocycles. The van der Waals surface area contributed by atoms with Gasteiger partial charge in [0.05, 0.1) is 10.5 Å². The molecule has 6 nitrogen and oxygen atoms in total. The fourth-order valence-electron chi connectivity index (χ4n) is 1.65. The van der Waals surface area contributed by atoms with Crippen LogP contribution in [0, 0.1) is 10.1 Å². The molecule has 0 aliphatic carbocycles. The Balaban J connectivity index is 2.11. The predicted octanol–water partition coefficient (Wildman–Crippen LogP) is 3.63. The lowest BCUT2D eigenvalue weighted by molar-refractivity contribution is -0.384. The van der Waals surface area contributed by atoms with Crippen LogP contribution in [0.3, 0.4) is 0 Å². The average Bonchev–Trinajstić information content (AvgIpc) is 2.46. The summed E-state index contributed by atoms with van der Waals surface area (Å²) < 4.78 is 6.06. The van der Waals surface area contributed by atoms with E-state index in [1.165, 1.54) is 24.3 Å². The van der Waals surface area contributed by atoms with Gasteiger partial charge in [0.25, 0.3) is 5.69 Å². The number of non-ortho nitro benzene ring substituents is 1. The largest absolute Gasteiger partial charge is 0.489 e. The number of nitro groups is 1. The number of carboxylic acids is 1. The molecule has 0 amide bonds. The molecule has 0 aliphatic rings. The SMILES string of the molecule is O=C(O)c1cccc(OCc2ccc([N+](=O)[O-])cc2Br)c1. The van der Waals surface area contributed by atoms with Crippen LogP contribution in [0.4, 0.5) is 5.69 Å². The second kappa shape index (κ2) is 6.36. The highest BCUT2D eigenvalue weighted by Gasteiger charge is 2.10. The van der Waals surface area contributed by atoms with E-state index in [9.17, 15) is 14.9 Å². The summed E-state index contributed by atoms with van der Waals surface area (Å²) in [4.78, 5) is 21.0. The van der Waals surface area contributed by atoms with Gasteiger partial charge in [0.2, 0.25) is 0 Å². The minimum absolute atomic E-state index is 0.0153. The van der Waals surface area contributed by atoms with Crippen molar-refractivity contribution in [2.45, 2.75) is 6.61 Å². The summed E-state index contributed by atoms with van der Waals surface area (Å²) in [5.74, 6) is -0.614. The highest BCUT2D eigenvalue weighted by Crippen LogP contribution is 2.24. The van der Waals surface area contributed by atoms with Gasteiger partial charge in [0.1, 0.15) is 12.4 Å². The van der Waals surface area contributed by atoms with Crippen molar-refractivity contribution in [2.24, 2.45) is 0 Å². The van der Waals surface area contributed by atoms with Gasteiger partial charge in [-0.2, -0.15) is 0 Å². The molecule has 2 rings (SSSR count). The quantitative estimate of drug-likeness (QED) is 0.656. The van der Waals surface area contributed by atoms with E-state index >= 15 is 0 Å². The van der Waals surface area contributed by atoms with Crippen LogP contribution in [0.15, 0.2) is 46.9 Å². The van der Waals surface area contributed by atoms with Gasteiger partial charge in [0.15, 0.2) is 0 Å². The molecule has 0 aliphatic heterocycles. The molecule has 108 valence electrons. The predicted molar refractivity (Wildman–Crippen MR) is 78.5 cm³/mol. The van der Waals surface area contributed by atoms with Crippen molar-refractivity contribution in [1.82, 2.24) is 0 Å². The molecule has 0 radical (unpaired) electrons. The Bertz CT molecular complexity index is 702. The Labute approximate surface area is 128 Å². The number of hydrogen-bond donors (Lipinski definition) is 1. The molecule has 21 heavy (non-hydrogen) atoms. The second-order valence-corrected chi connectivity index (χ2v) is 5.01. The number of nitrogens with zero attached hydrogens (tertiary/aromatic N) is 1. The molecule has 0 aromatic heterocycles. The zero-order valence-corrected chi connectivity index (χ0v) is 12.2. The summed E-state index contributed by atoms with van der Waals surface area (Å²) in [6.45, 7) is 0.168. The van der Waals surface area contributed by atoms with E-state index < -0.39 is 10.9 Å². The van der Waals surface area contributed by atoms with Crippen molar-refractivity contribution < 1.29 is 19.6 Å². The summed E-state index contributed by atoms with van der Waals surface area (Å²) in [5.41, 5.74) is 0.843. The van der Waals surface area contributed by atoms with E-state index in [0.717, 1.165) is 5.56 Å². The number of aromatic carboxylic acids is 1. The molecule has 0 bridgehead atoms. The minimum atomic E-state index is -1.03. The standard InChI is InChI=1S/C14H10BrNO5/c15-13-7-11(16(19)20)5-4-10(13)8-21-12-3-1-2-9(6-12)14(17)18/h1-7H,8H2,(H,17,18). The molecule has 0 fully saturated rings. The van der Waals surface area contributed by atoms with Crippen LogP contribution in [0.25, 0.3) is 0 Å². The summed E-state index contributed by atoms with van der Waals surface area (Å²) >= 11 is 3.25. The number of rotatable bonds is 5. The number of hydrogen-bond acceptors (Lipinski definition) is 4. The maximum Gasteiger partial charge on any atom is 0.335 e. The lowest BCUT2D eigenvalue weighted by Gasteiger charge is -2.08. The van der Waals surface area contributed by atoms with Crippen LogP contribution < -0.4 is 4.74 Å². The summed E-state index contributed by atoms with van der Waals surface area (Å²) in [7, 11) is 0. The summed E-state index contributed by atoms with van der Waals surface area (Å²) in [6, 6.07) is 10.5. The van der Waals surface area contributed by atoms with Crippen LogP contribution in [0.5, 0.6) is 5.75 Å². The number of halogens is 1. The zero-order valence-electron chi connectivity index (χ0n) is 10.7. The van der Waals surface area contributed by atoms with Gasteiger partial charge >= 0.3 is 5.97 Å². The number of benzene rings is 2. The van der Waals surface area contributed by atoms with E-state index in [4.69, 9.17) is 9.84 Å². The molecule has 0 heterocycles. The first kappa shape index (κ1) is 15.0. The van der Waals surface area contributed by atoms with Crippen LogP contribution in [-0.4, -0.2) is 16.0 Å². The lowest BCUT2D eigenvalue weighted by atomic mass is 10.2. The second-order valence-electron chi connectivity index (χ2n) is 4.15. The van der Waals surface area contributed by atoms with Gasteiger partial charge in [-0.15, -0.1) is 0 Å². The van der Waals surface area contributed by atoms with Gasteiger partial charge in [-0.25, -0.2) is 4.79 Å². The summed E-state index contributed by atoms with van der Waals surface area (Å²) in [5, 5.41) is 19.5. The van der Waals surface area contributed by atoms with Crippen LogP contribution in [-0.2, 0) is 6.61 Å². The molecule has 1 N–H and O–H groups in total. The topological polar surface area (TPSA) is 89.7 Å². The molecule has 2 aromatic rings. The maximum absolute atomic E-state index is 10.9. The van der Waals surface area contributed by atoms with Gasteiger partial charge in [-0.05, 0) is 24.3 Å². The number of carboxylic acid groups (broad SMARTS) is 1. The molecular formula is C14H10BrNO5. The Morgan fingerprint density at radius 2 is 2.05 bits per heavy atom. The molecular weight excluding hydrogens is 342 g/mol. The Morgan fingerprint density at radius 1 is 1.29 bits per heavy atom. The summed E-state index contributed by atoms with van der Waals surface area (Å²) in [6.07, 6.45) is 0. The molecule has 0 unspecified atom stereocenters. The van der Waals surface area contributed by atoms with Gasteiger partial charge in [-0.3, -0.25) is 10.1 Å². The van der Waals surface area contributed by atoms with Crippen LogP contribution in [0.1, 0.15) is 15.9 Å². The Morgan fingerprint density at radius 3 is 2.67 bits per heavy atom. The number of carbonyl (C=O) groups is 1. The van der Waals surface area contributed by atoms with Crippen molar-refractivity contribution in [3.63, 3.8) is 0 Å². The third-order valence-electron chi connectivity index (χ3n) is 2.72. The Kier molecular flexibility index (Phi) is 4.54. The minimum Gasteiger partial charge on any atom is -0.489 e. The van der Waals surface area contributed by atoms with E-state index in [2.05, 4.69) is 15.9 Å². The smallest absolute Gasteiger partial charge is 0.335 e. The zero-order chi connectivity index (χ0) is 15.4. The number of ether oxygens (including phenoxy) is 1. The molecule has 0 atom stereocenters. The highest BCUT2D eigenvalue weighted by atomic mass is 79.9. The molecule has 0 spiro atoms. The molecule has 7 heteroatoms. The normalized spacial score (nSPS) is 10.1. The van der Waals surface area contributed by atoms with Crippen molar-refractivity contribution in [3.8, 4) is 5.75 Å². The highest BCUT2D eigenvalue weighted by molar-refractivity contribution is 9.10. The van der Waals surface area contributed by atoms with E-state index in [1.54, 1.807) is 18.2 Å². The van der Waals surface area contributed by atoms with E-state index in [1.807, 2.05) is 0 Å². The Hall–Kier alpha value is -2.41. The van der Waals surface area contributed by atoms with Crippen molar-refractivity contribution in [2.75, 3.05) is 0 Å². The van der Waals surface area contributed by atoms with E-state index in [-0.39, 0.29) is 17.9 Å². The van der Waals surface area contributed by atoms with E-state index in [0.29, 0.717) is 10.2 Å². The molecule has 2 aromatic carbocycles. The van der Waals surface area contributed by atoms with Crippen molar-refractivity contribution in [1.29, 1.82) is 0 Å². The lowest BCUT2D eigenvalue weighted by Crippen LogP contribution is -2.00. The first-order valence-electron chi connectivity index (χ1n) is 5.86. The third kappa shape index (κ3) is 3.79. The maximum atomic E-state index is 10.9. The fraction of sp³-hybridized carbons (Fsp3) is 0.0714. The number of nitro benzene ring substituents is 1. The fourth-order valence-corrected chi connectivity index (χ4v) is 2.13. The van der Waals surface area contributed by atoms with Gasteiger partial charge in [-0.1, -0.05) is 22.0 Å². The first-order valence-corrected chi connectivity index (χ1v) is 6.65. The molecule has 0 saturated heterocycles. The van der Waals surface area contributed by atoms with Crippen LogP contribution >= 0.6 is 15.9 Å². The van der Waals surface area contributed by atoms with Gasteiger partial charge < -0.3 is 9.84 Å². The van der Waals surface area contributed by atoms with Crippen molar-refractivity contribution >= 4 is 27.6 Å². The third-order valence-corrected chi connectivity index (χ3v) is 3.46. The van der Waals surface area contributed by atoms with Crippen molar-refractivity contribution in [3.05, 3.63) is 68.2 Å². The average molecular weight is 352 g/mol. The van der Waals surface area contributed by atoms with Crippen LogP contribution in [0.2, 0.25) is 0 Å². The van der Waals surface area contributed by atoms with Gasteiger partial charge in [0, 0.05) is 22.2 Å². The first-order chi connectivity index (χ1) is 9.97. The monoisotopic (exact) mass is 351 g/mol.